The van der Waals surface area contributed by atoms with Gasteiger partial charge in [-0.25, -0.2) is 4.39 Å². The highest BCUT2D eigenvalue weighted by atomic mass is 19.1. The van der Waals surface area contributed by atoms with Crippen molar-refractivity contribution in [3.05, 3.63) is 29.6 Å². The maximum Gasteiger partial charge on any atom is 0.165 e. The molecule has 0 aromatic heterocycles. The van der Waals surface area contributed by atoms with Crippen LogP contribution >= 0.6 is 0 Å². The average molecular weight is 252 g/mol. The molecule has 1 aromatic rings. The van der Waals surface area contributed by atoms with Gasteiger partial charge in [0.05, 0.1) is 7.11 Å². The topological polar surface area (TPSA) is 38.5 Å². The smallest absolute Gasteiger partial charge is 0.165 e. The first-order valence-corrected chi connectivity index (χ1v) is 6.38. The molecule has 1 aliphatic rings. The first kappa shape index (κ1) is 13.3. The minimum Gasteiger partial charge on any atom is -0.494 e. The molecule has 0 bridgehead atoms. The number of likely N-dealkylation sites (N-methyl/N-ethyl adjacent to an activating group) is 1. The van der Waals surface area contributed by atoms with Gasteiger partial charge >= 0.3 is 0 Å². The third kappa shape index (κ3) is 3.00. The summed E-state index contributed by atoms with van der Waals surface area (Å²) in [5.41, 5.74) is 6.76. The van der Waals surface area contributed by atoms with Gasteiger partial charge in [0.2, 0.25) is 0 Å². The largest absolute Gasteiger partial charge is 0.494 e. The third-order valence-electron chi connectivity index (χ3n) is 3.62. The predicted octanol–water partition coefficient (Wildman–Crippen LogP) is 2.00. The lowest BCUT2D eigenvalue weighted by atomic mass is 10.1. The fourth-order valence-electron chi connectivity index (χ4n) is 2.43. The Morgan fingerprint density at radius 1 is 1.50 bits per heavy atom. The Morgan fingerprint density at radius 2 is 2.22 bits per heavy atom. The Hall–Kier alpha value is -1.13. The van der Waals surface area contributed by atoms with Crippen LogP contribution in [-0.4, -0.2) is 31.6 Å². The lowest BCUT2D eigenvalue weighted by Crippen LogP contribution is -2.39. The highest BCUT2D eigenvalue weighted by Gasteiger charge is 2.32. The molecule has 0 radical (unpaired) electrons. The molecule has 1 aliphatic carbocycles. The fourth-order valence-corrected chi connectivity index (χ4v) is 2.43. The van der Waals surface area contributed by atoms with Crippen molar-refractivity contribution >= 4 is 0 Å². The molecule has 100 valence electrons. The van der Waals surface area contributed by atoms with Gasteiger partial charge in [-0.2, -0.15) is 0 Å². The van der Waals surface area contributed by atoms with Gasteiger partial charge in [-0.05, 0) is 43.5 Å². The Morgan fingerprint density at radius 3 is 2.72 bits per heavy atom. The normalized spacial score (nSPS) is 16.9. The van der Waals surface area contributed by atoms with Crippen LogP contribution in [0.4, 0.5) is 4.39 Å². The number of halogens is 1. The van der Waals surface area contributed by atoms with Gasteiger partial charge in [0.25, 0.3) is 0 Å². The van der Waals surface area contributed by atoms with Gasteiger partial charge in [0.15, 0.2) is 11.6 Å². The van der Waals surface area contributed by atoms with Gasteiger partial charge in [0.1, 0.15) is 0 Å². The van der Waals surface area contributed by atoms with Crippen molar-refractivity contribution in [2.45, 2.75) is 25.4 Å². The highest BCUT2D eigenvalue weighted by molar-refractivity contribution is 5.29. The van der Waals surface area contributed by atoms with E-state index in [1.165, 1.54) is 26.0 Å². The SMILES string of the molecule is COc1ccc(CN(C)C(CN)C2CC2)cc1F. The summed E-state index contributed by atoms with van der Waals surface area (Å²) in [6.07, 6.45) is 2.53. The molecule has 0 saturated heterocycles. The van der Waals surface area contributed by atoms with Crippen molar-refractivity contribution in [2.24, 2.45) is 11.7 Å². The molecule has 0 amide bonds. The summed E-state index contributed by atoms with van der Waals surface area (Å²) in [5, 5.41) is 0. The van der Waals surface area contributed by atoms with Gasteiger partial charge in [-0.1, -0.05) is 6.07 Å². The van der Waals surface area contributed by atoms with Crippen LogP contribution in [0.15, 0.2) is 18.2 Å². The molecule has 3 nitrogen and oxygen atoms in total. The minimum absolute atomic E-state index is 0.291. The van der Waals surface area contributed by atoms with Gasteiger partial charge in [-0.15, -0.1) is 0 Å². The zero-order chi connectivity index (χ0) is 13.1. The van der Waals surface area contributed by atoms with Crippen molar-refractivity contribution in [1.82, 2.24) is 4.90 Å². The lowest BCUT2D eigenvalue weighted by Gasteiger charge is -2.27. The van der Waals surface area contributed by atoms with Crippen LogP contribution in [0.25, 0.3) is 0 Å². The molecule has 0 heterocycles. The van der Waals surface area contributed by atoms with Crippen LogP contribution in [0.1, 0.15) is 18.4 Å². The second-order valence-corrected chi connectivity index (χ2v) is 5.02. The Bertz CT molecular complexity index is 407. The number of ether oxygens (including phenoxy) is 1. The zero-order valence-corrected chi connectivity index (χ0v) is 11.0. The maximum atomic E-state index is 13.6. The molecule has 1 fully saturated rings. The van der Waals surface area contributed by atoms with E-state index in [4.69, 9.17) is 10.5 Å². The Labute approximate surface area is 108 Å². The summed E-state index contributed by atoms with van der Waals surface area (Å²) in [7, 11) is 3.53. The van der Waals surface area contributed by atoms with E-state index < -0.39 is 0 Å². The summed E-state index contributed by atoms with van der Waals surface area (Å²) in [5.74, 6) is 0.709. The predicted molar refractivity (Wildman–Crippen MR) is 70.0 cm³/mol. The Kier molecular flexibility index (Phi) is 4.19. The van der Waals surface area contributed by atoms with Crippen LogP contribution in [0.5, 0.6) is 5.75 Å². The molecule has 0 aliphatic heterocycles. The summed E-state index contributed by atoms with van der Waals surface area (Å²) >= 11 is 0. The number of hydrogen-bond acceptors (Lipinski definition) is 3. The number of methoxy groups -OCH3 is 1. The van der Waals surface area contributed by atoms with Crippen molar-refractivity contribution in [1.29, 1.82) is 0 Å². The summed E-state index contributed by atoms with van der Waals surface area (Å²) in [4.78, 5) is 2.22. The quantitative estimate of drug-likeness (QED) is 0.841. The number of benzene rings is 1. The zero-order valence-electron chi connectivity index (χ0n) is 11.0. The van der Waals surface area contributed by atoms with Crippen LogP contribution in [0, 0.1) is 11.7 Å². The van der Waals surface area contributed by atoms with Gasteiger partial charge in [-0.3, -0.25) is 4.90 Å². The molecule has 2 rings (SSSR count). The monoisotopic (exact) mass is 252 g/mol. The van der Waals surface area contributed by atoms with E-state index in [0.717, 1.165) is 18.0 Å². The highest BCUT2D eigenvalue weighted by Crippen LogP contribution is 2.35. The van der Waals surface area contributed by atoms with Crippen LogP contribution < -0.4 is 10.5 Å². The van der Waals surface area contributed by atoms with E-state index >= 15 is 0 Å². The van der Waals surface area contributed by atoms with E-state index in [2.05, 4.69) is 11.9 Å². The van der Waals surface area contributed by atoms with E-state index in [1.807, 2.05) is 6.07 Å². The summed E-state index contributed by atoms with van der Waals surface area (Å²) in [6, 6.07) is 5.53. The molecular formula is C14H21FN2O. The Balaban J connectivity index is 2.01. The summed E-state index contributed by atoms with van der Waals surface area (Å²) in [6.45, 7) is 1.39. The molecular weight excluding hydrogens is 231 g/mol. The number of nitrogens with two attached hydrogens (primary N) is 1. The maximum absolute atomic E-state index is 13.6. The molecule has 1 unspecified atom stereocenters. The van der Waals surface area contributed by atoms with Gasteiger partial charge < -0.3 is 10.5 Å². The van der Waals surface area contributed by atoms with E-state index in [0.29, 0.717) is 18.3 Å². The van der Waals surface area contributed by atoms with E-state index in [9.17, 15) is 4.39 Å². The first-order chi connectivity index (χ1) is 8.65. The van der Waals surface area contributed by atoms with Crippen molar-refractivity contribution in [2.75, 3.05) is 20.7 Å². The summed E-state index contributed by atoms with van der Waals surface area (Å²) < 4.78 is 18.5. The van der Waals surface area contributed by atoms with Gasteiger partial charge in [0, 0.05) is 19.1 Å². The van der Waals surface area contributed by atoms with Crippen LogP contribution in [-0.2, 0) is 6.54 Å². The van der Waals surface area contributed by atoms with Crippen LogP contribution in [0.3, 0.4) is 0 Å². The minimum atomic E-state index is -0.306. The second-order valence-electron chi connectivity index (χ2n) is 5.02. The lowest BCUT2D eigenvalue weighted by molar-refractivity contribution is 0.215. The fraction of sp³-hybridized carbons (Fsp3) is 0.571. The number of rotatable bonds is 6. The van der Waals surface area contributed by atoms with Crippen molar-refractivity contribution < 1.29 is 9.13 Å². The molecule has 4 heteroatoms. The molecule has 18 heavy (non-hydrogen) atoms. The van der Waals surface area contributed by atoms with Crippen LogP contribution in [0.2, 0.25) is 0 Å². The number of nitrogens with zero attached hydrogens (tertiary/aromatic N) is 1. The van der Waals surface area contributed by atoms with Crippen molar-refractivity contribution in [3.63, 3.8) is 0 Å². The van der Waals surface area contributed by atoms with E-state index in [-0.39, 0.29) is 5.82 Å². The molecule has 1 atom stereocenters. The standard InChI is InChI=1S/C14H21FN2O/c1-17(13(8-16)11-4-5-11)9-10-3-6-14(18-2)12(15)7-10/h3,6-7,11,13H,4-5,8-9,16H2,1-2H3. The number of hydrogen-bond donors (Lipinski definition) is 1. The molecule has 1 aromatic carbocycles. The van der Waals surface area contributed by atoms with Crippen molar-refractivity contribution in [3.8, 4) is 5.75 Å². The first-order valence-electron chi connectivity index (χ1n) is 6.38. The molecule has 1 saturated carbocycles. The second kappa shape index (κ2) is 5.67. The van der Waals surface area contributed by atoms with E-state index in [1.54, 1.807) is 6.07 Å². The average Bonchev–Trinajstić information content (AvgIpc) is 3.15. The third-order valence-corrected chi connectivity index (χ3v) is 3.62. The molecule has 2 N–H and O–H groups in total. The molecule has 0 spiro atoms.